The topological polar surface area (TPSA) is 63.7 Å². The second-order valence-electron chi connectivity index (χ2n) is 6.67. The molecule has 0 radical (unpaired) electrons. The largest absolute Gasteiger partial charge is 0.486 e. The zero-order valence-electron chi connectivity index (χ0n) is 14.9. The van der Waals surface area contributed by atoms with E-state index >= 15 is 0 Å². The summed E-state index contributed by atoms with van der Waals surface area (Å²) in [7, 11) is 0. The second kappa shape index (κ2) is 7.23. The van der Waals surface area contributed by atoms with Crippen molar-refractivity contribution in [2.75, 3.05) is 31.2 Å². The molecule has 1 atom stereocenters. The Morgan fingerprint density at radius 2 is 1.92 bits per heavy atom. The Balaban J connectivity index is 1.51. The highest BCUT2D eigenvalue weighted by Crippen LogP contribution is 2.32. The zero-order valence-corrected chi connectivity index (χ0v) is 14.9. The number of fused-ring (bicyclic) bond motifs is 1. The molecule has 0 saturated carbocycles. The minimum atomic E-state index is -0.148. The van der Waals surface area contributed by atoms with Gasteiger partial charge in [0.25, 0.3) is 5.91 Å². The predicted octanol–water partition coefficient (Wildman–Crippen LogP) is 2.94. The number of hydrogen-bond donors (Lipinski definition) is 1. The molecular weight excluding hydrogens is 330 g/mol. The molecule has 6 heteroatoms. The van der Waals surface area contributed by atoms with Gasteiger partial charge >= 0.3 is 0 Å². The van der Waals surface area contributed by atoms with E-state index in [1.807, 2.05) is 37.3 Å². The number of nitrogens with zero attached hydrogens (tertiary/aromatic N) is 2. The standard InChI is InChI=1S/C20H23N3O3/c1-14(15-6-7-17-18(13-15)26-12-11-25-17)22-20(24)16-5-4-8-21-19(16)23-9-2-3-10-23/h4-8,13-14H,2-3,9-12H2,1H3,(H,22,24). The van der Waals surface area contributed by atoms with Crippen LogP contribution in [0.5, 0.6) is 11.5 Å². The van der Waals surface area contributed by atoms with Crippen molar-refractivity contribution in [3.05, 3.63) is 47.7 Å². The molecule has 1 saturated heterocycles. The Morgan fingerprint density at radius 3 is 2.73 bits per heavy atom. The number of ether oxygens (including phenoxy) is 2. The minimum absolute atomic E-state index is 0.109. The van der Waals surface area contributed by atoms with Gasteiger partial charge < -0.3 is 19.7 Å². The molecule has 4 rings (SSSR count). The average Bonchev–Trinajstić information content (AvgIpc) is 3.22. The molecule has 136 valence electrons. The summed E-state index contributed by atoms with van der Waals surface area (Å²) in [6.07, 6.45) is 4.03. The van der Waals surface area contributed by atoms with E-state index in [9.17, 15) is 4.79 Å². The minimum Gasteiger partial charge on any atom is -0.486 e. The molecule has 1 unspecified atom stereocenters. The Kier molecular flexibility index (Phi) is 4.65. The number of carbonyl (C=O) groups is 1. The third-order valence-electron chi connectivity index (χ3n) is 4.85. The summed E-state index contributed by atoms with van der Waals surface area (Å²) in [6.45, 7) is 4.99. The molecule has 0 aliphatic carbocycles. The maximum Gasteiger partial charge on any atom is 0.255 e. The lowest BCUT2D eigenvalue weighted by atomic mass is 10.1. The lowest BCUT2D eigenvalue weighted by Gasteiger charge is -2.22. The molecule has 26 heavy (non-hydrogen) atoms. The quantitative estimate of drug-likeness (QED) is 0.916. The maximum atomic E-state index is 12.9. The van der Waals surface area contributed by atoms with Gasteiger partial charge in [0.2, 0.25) is 0 Å². The molecule has 3 heterocycles. The van der Waals surface area contributed by atoms with Crippen molar-refractivity contribution < 1.29 is 14.3 Å². The number of benzene rings is 1. The number of nitrogens with one attached hydrogen (secondary N) is 1. The highest BCUT2D eigenvalue weighted by atomic mass is 16.6. The van der Waals surface area contributed by atoms with E-state index in [1.54, 1.807) is 6.20 Å². The Labute approximate surface area is 153 Å². The number of hydrogen-bond acceptors (Lipinski definition) is 5. The van der Waals surface area contributed by atoms with E-state index in [1.165, 1.54) is 0 Å². The van der Waals surface area contributed by atoms with Gasteiger partial charge in [0.15, 0.2) is 11.5 Å². The molecule has 1 N–H and O–H groups in total. The number of amides is 1. The van der Waals surface area contributed by atoms with E-state index < -0.39 is 0 Å². The van der Waals surface area contributed by atoms with Crippen LogP contribution in [0.3, 0.4) is 0 Å². The van der Waals surface area contributed by atoms with Crippen molar-refractivity contribution in [1.29, 1.82) is 0 Å². The van der Waals surface area contributed by atoms with Gasteiger partial charge in [0.05, 0.1) is 11.6 Å². The molecule has 1 amide bonds. The van der Waals surface area contributed by atoms with Crippen LogP contribution in [0.1, 0.15) is 41.7 Å². The Hall–Kier alpha value is -2.76. The highest BCUT2D eigenvalue weighted by molar-refractivity contribution is 5.99. The molecule has 1 aromatic heterocycles. The molecule has 2 aromatic rings. The van der Waals surface area contributed by atoms with Gasteiger partial charge in [0, 0.05) is 19.3 Å². The molecule has 0 bridgehead atoms. The highest BCUT2D eigenvalue weighted by Gasteiger charge is 2.22. The fourth-order valence-electron chi connectivity index (χ4n) is 3.44. The fourth-order valence-corrected chi connectivity index (χ4v) is 3.44. The molecule has 1 aromatic carbocycles. The molecule has 1 fully saturated rings. The number of rotatable bonds is 4. The lowest BCUT2D eigenvalue weighted by Crippen LogP contribution is -2.30. The van der Waals surface area contributed by atoms with Gasteiger partial charge in [0.1, 0.15) is 19.0 Å². The van der Waals surface area contributed by atoms with E-state index in [0.29, 0.717) is 18.8 Å². The molecule has 2 aliphatic heterocycles. The third kappa shape index (κ3) is 3.31. The lowest BCUT2D eigenvalue weighted by molar-refractivity contribution is 0.0940. The number of pyridine rings is 1. The first-order valence-corrected chi connectivity index (χ1v) is 9.13. The first kappa shape index (κ1) is 16.7. The van der Waals surface area contributed by atoms with Crippen molar-refractivity contribution in [1.82, 2.24) is 10.3 Å². The van der Waals surface area contributed by atoms with Crippen LogP contribution in [0.2, 0.25) is 0 Å². The van der Waals surface area contributed by atoms with Crippen LogP contribution in [0.4, 0.5) is 5.82 Å². The molecule has 0 spiro atoms. The van der Waals surface area contributed by atoms with Gasteiger partial charge in [-0.15, -0.1) is 0 Å². The summed E-state index contributed by atoms with van der Waals surface area (Å²) in [5.74, 6) is 2.15. The van der Waals surface area contributed by atoms with E-state index in [-0.39, 0.29) is 11.9 Å². The van der Waals surface area contributed by atoms with Gasteiger partial charge in [-0.05, 0) is 49.6 Å². The van der Waals surface area contributed by atoms with Gasteiger partial charge in [-0.1, -0.05) is 6.07 Å². The van der Waals surface area contributed by atoms with Crippen LogP contribution in [-0.2, 0) is 0 Å². The van der Waals surface area contributed by atoms with Crippen molar-refractivity contribution in [2.24, 2.45) is 0 Å². The van der Waals surface area contributed by atoms with Crippen molar-refractivity contribution in [3.8, 4) is 11.5 Å². The number of carbonyl (C=O) groups excluding carboxylic acids is 1. The first-order chi connectivity index (χ1) is 12.7. The summed E-state index contributed by atoms with van der Waals surface area (Å²) in [5.41, 5.74) is 1.60. The van der Waals surface area contributed by atoms with Crippen LogP contribution in [0, 0.1) is 0 Å². The van der Waals surface area contributed by atoms with Gasteiger partial charge in [-0.25, -0.2) is 4.98 Å². The number of aromatic nitrogens is 1. The summed E-state index contributed by atoms with van der Waals surface area (Å²) in [4.78, 5) is 19.5. The van der Waals surface area contributed by atoms with Crippen LogP contribution in [0.15, 0.2) is 36.5 Å². The molecular formula is C20H23N3O3. The number of anilines is 1. The molecule has 2 aliphatic rings. The normalized spacial score (nSPS) is 17.0. The van der Waals surface area contributed by atoms with Gasteiger partial charge in [-0.3, -0.25) is 4.79 Å². The SMILES string of the molecule is CC(NC(=O)c1cccnc1N1CCCC1)c1ccc2c(c1)OCCO2. The maximum absolute atomic E-state index is 12.9. The second-order valence-corrected chi connectivity index (χ2v) is 6.67. The predicted molar refractivity (Wildman–Crippen MR) is 99.0 cm³/mol. The first-order valence-electron chi connectivity index (χ1n) is 9.13. The summed E-state index contributed by atoms with van der Waals surface area (Å²) < 4.78 is 11.2. The van der Waals surface area contributed by atoms with Crippen molar-refractivity contribution in [3.63, 3.8) is 0 Å². The smallest absolute Gasteiger partial charge is 0.255 e. The fraction of sp³-hybridized carbons (Fsp3) is 0.400. The Bertz CT molecular complexity index is 803. The monoisotopic (exact) mass is 353 g/mol. The van der Waals surface area contributed by atoms with Gasteiger partial charge in [-0.2, -0.15) is 0 Å². The van der Waals surface area contributed by atoms with Crippen LogP contribution >= 0.6 is 0 Å². The van der Waals surface area contributed by atoms with Crippen LogP contribution in [-0.4, -0.2) is 37.2 Å². The van der Waals surface area contributed by atoms with Crippen molar-refractivity contribution in [2.45, 2.75) is 25.8 Å². The Morgan fingerprint density at radius 1 is 1.15 bits per heavy atom. The zero-order chi connectivity index (χ0) is 17.9. The van der Waals surface area contributed by atoms with E-state index in [2.05, 4.69) is 15.2 Å². The van der Waals surface area contributed by atoms with Crippen LogP contribution < -0.4 is 19.7 Å². The third-order valence-corrected chi connectivity index (χ3v) is 4.85. The molecule has 6 nitrogen and oxygen atoms in total. The summed E-state index contributed by atoms with van der Waals surface area (Å²) in [5, 5.41) is 3.08. The van der Waals surface area contributed by atoms with Crippen LogP contribution in [0.25, 0.3) is 0 Å². The van der Waals surface area contributed by atoms with Crippen molar-refractivity contribution >= 4 is 11.7 Å². The average molecular weight is 353 g/mol. The van der Waals surface area contributed by atoms with E-state index in [4.69, 9.17) is 9.47 Å². The summed E-state index contributed by atoms with van der Waals surface area (Å²) in [6, 6.07) is 9.29. The van der Waals surface area contributed by atoms with E-state index in [0.717, 1.165) is 48.8 Å². The summed E-state index contributed by atoms with van der Waals surface area (Å²) >= 11 is 0.